The molecule has 0 aromatic carbocycles. The van der Waals surface area contributed by atoms with Crippen molar-refractivity contribution in [2.75, 3.05) is 6.61 Å². The van der Waals surface area contributed by atoms with E-state index in [1.807, 2.05) is 0 Å². The van der Waals surface area contributed by atoms with Crippen LogP contribution in [-0.4, -0.2) is 22.0 Å². The van der Waals surface area contributed by atoms with E-state index in [9.17, 15) is 10.2 Å². The summed E-state index contributed by atoms with van der Waals surface area (Å²) in [5, 5.41) is 23.8. The molecule has 0 saturated heterocycles. The highest BCUT2D eigenvalue weighted by atomic mass is 16.5. The van der Waals surface area contributed by atoms with Crippen LogP contribution in [0.3, 0.4) is 0 Å². The lowest BCUT2D eigenvalue weighted by atomic mass is 10.0. The minimum Gasteiger partial charge on any atom is -0.475 e. The molecule has 0 amide bonds. The summed E-state index contributed by atoms with van der Waals surface area (Å²) in [4.78, 5) is 0. The number of furan rings is 1. The number of aliphatic hydroxyl groups is 2. The first-order valence-electron chi connectivity index (χ1n) is 7.30. The topological polar surface area (TPSA) is 88.9 Å². The Morgan fingerprint density at radius 1 is 1.50 bits per heavy atom. The Morgan fingerprint density at radius 3 is 3.00 bits per heavy atom. The van der Waals surface area contributed by atoms with Crippen LogP contribution < -0.4 is 4.74 Å². The Morgan fingerprint density at radius 2 is 2.32 bits per heavy atom. The van der Waals surface area contributed by atoms with Crippen molar-refractivity contribution < 1.29 is 23.9 Å². The van der Waals surface area contributed by atoms with Gasteiger partial charge in [0.25, 0.3) is 5.88 Å². The van der Waals surface area contributed by atoms with Crippen LogP contribution in [0, 0.1) is 0 Å². The second-order valence-corrected chi connectivity index (χ2v) is 4.89. The maximum absolute atomic E-state index is 10.6. The Labute approximate surface area is 129 Å². The highest BCUT2D eigenvalue weighted by Gasteiger charge is 2.28. The number of rotatable bonds is 9. The zero-order chi connectivity index (χ0) is 15.9. The van der Waals surface area contributed by atoms with Crippen molar-refractivity contribution >= 4 is 0 Å². The average Bonchev–Trinajstić information content (AvgIpc) is 3.14. The van der Waals surface area contributed by atoms with Crippen molar-refractivity contribution in [3.8, 4) is 5.88 Å². The highest BCUT2D eigenvalue weighted by molar-refractivity contribution is 5.38. The van der Waals surface area contributed by atoms with Gasteiger partial charge in [0.1, 0.15) is 11.9 Å². The van der Waals surface area contributed by atoms with Gasteiger partial charge >= 0.3 is 0 Å². The molecule has 0 bridgehead atoms. The average molecular weight is 307 g/mol. The number of hydrogen-bond acceptors (Lipinski definition) is 6. The molecule has 1 unspecified atom stereocenters. The van der Waals surface area contributed by atoms with E-state index in [1.54, 1.807) is 12.1 Å². The standard InChI is InChI=1S/C16H21NO5/c1-3-5-8-21-16-13(12(6-4-2)22-17-16)14(19)15-11(10-18)7-9-20-15/h4,7,9,14,18-19H,2-3,5-6,8,10H2,1H3. The lowest BCUT2D eigenvalue weighted by Gasteiger charge is -2.11. The first-order valence-corrected chi connectivity index (χ1v) is 7.30. The van der Waals surface area contributed by atoms with Crippen LogP contribution in [0.5, 0.6) is 5.88 Å². The predicted octanol–water partition coefficient (Wildman–Crippen LogP) is 2.75. The van der Waals surface area contributed by atoms with Gasteiger partial charge in [-0.1, -0.05) is 19.4 Å². The van der Waals surface area contributed by atoms with Crippen LogP contribution in [0.4, 0.5) is 0 Å². The summed E-state index contributed by atoms with van der Waals surface area (Å²) in [6.07, 6.45) is 4.23. The molecule has 6 nitrogen and oxygen atoms in total. The molecular weight excluding hydrogens is 286 g/mol. The van der Waals surface area contributed by atoms with Crippen LogP contribution in [0.15, 0.2) is 33.9 Å². The summed E-state index contributed by atoms with van der Waals surface area (Å²) in [6.45, 7) is 5.98. The number of hydrogen-bond donors (Lipinski definition) is 2. The first kappa shape index (κ1) is 16.3. The van der Waals surface area contributed by atoms with Gasteiger partial charge in [-0.3, -0.25) is 0 Å². The normalized spacial score (nSPS) is 12.3. The molecule has 1 atom stereocenters. The van der Waals surface area contributed by atoms with Gasteiger partial charge in [-0.05, 0) is 17.6 Å². The van der Waals surface area contributed by atoms with Gasteiger partial charge in [0, 0.05) is 12.0 Å². The molecule has 0 aliphatic heterocycles. The zero-order valence-electron chi connectivity index (χ0n) is 12.6. The van der Waals surface area contributed by atoms with Gasteiger partial charge in [-0.15, -0.1) is 6.58 Å². The van der Waals surface area contributed by atoms with Crippen molar-refractivity contribution in [2.24, 2.45) is 0 Å². The fraction of sp³-hybridized carbons (Fsp3) is 0.438. The van der Waals surface area contributed by atoms with E-state index < -0.39 is 6.10 Å². The molecule has 2 rings (SSSR count). The van der Waals surface area contributed by atoms with E-state index in [-0.39, 0.29) is 18.2 Å². The Bertz CT molecular complexity index is 601. The highest BCUT2D eigenvalue weighted by Crippen LogP contribution is 2.35. The van der Waals surface area contributed by atoms with Crippen molar-refractivity contribution in [3.05, 3.63) is 47.6 Å². The summed E-state index contributed by atoms with van der Waals surface area (Å²) in [5.74, 6) is 0.976. The number of nitrogens with zero attached hydrogens (tertiary/aromatic N) is 1. The quantitative estimate of drug-likeness (QED) is 0.547. The number of aliphatic hydroxyl groups excluding tert-OH is 2. The molecule has 0 saturated carbocycles. The van der Waals surface area contributed by atoms with Crippen molar-refractivity contribution in [1.82, 2.24) is 5.16 Å². The molecule has 2 N–H and O–H groups in total. The van der Waals surface area contributed by atoms with E-state index in [1.165, 1.54) is 6.26 Å². The molecule has 0 radical (unpaired) electrons. The summed E-state index contributed by atoms with van der Waals surface area (Å²) >= 11 is 0. The third-order valence-electron chi connectivity index (χ3n) is 3.31. The van der Waals surface area contributed by atoms with Gasteiger partial charge < -0.3 is 23.9 Å². The van der Waals surface area contributed by atoms with Crippen LogP contribution in [0.2, 0.25) is 0 Å². The van der Waals surface area contributed by atoms with E-state index in [4.69, 9.17) is 13.7 Å². The number of unbranched alkanes of at least 4 members (excludes halogenated alkanes) is 1. The third-order valence-corrected chi connectivity index (χ3v) is 3.31. The zero-order valence-corrected chi connectivity index (χ0v) is 12.6. The summed E-state index contributed by atoms with van der Waals surface area (Å²) in [5.41, 5.74) is 0.929. The van der Waals surface area contributed by atoms with E-state index >= 15 is 0 Å². The summed E-state index contributed by atoms with van der Waals surface area (Å²) in [6, 6.07) is 1.61. The molecule has 22 heavy (non-hydrogen) atoms. The number of allylic oxidation sites excluding steroid dienone is 1. The molecule has 0 fully saturated rings. The monoisotopic (exact) mass is 307 g/mol. The smallest absolute Gasteiger partial charge is 0.260 e. The molecular formula is C16H21NO5. The number of ether oxygens (including phenoxy) is 1. The maximum atomic E-state index is 10.6. The van der Waals surface area contributed by atoms with Gasteiger partial charge in [-0.2, -0.15) is 0 Å². The molecule has 6 heteroatoms. The van der Waals surface area contributed by atoms with Crippen molar-refractivity contribution in [3.63, 3.8) is 0 Å². The molecule has 2 aromatic rings. The van der Waals surface area contributed by atoms with Crippen LogP contribution >= 0.6 is 0 Å². The van der Waals surface area contributed by atoms with Crippen molar-refractivity contribution in [2.45, 2.75) is 38.9 Å². The second kappa shape index (κ2) is 7.82. The maximum Gasteiger partial charge on any atom is 0.260 e. The molecule has 0 aliphatic carbocycles. The second-order valence-electron chi connectivity index (χ2n) is 4.89. The Balaban J connectivity index is 2.33. The molecule has 2 aromatic heterocycles. The van der Waals surface area contributed by atoms with Gasteiger partial charge in [-0.25, -0.2) is 0 Å². The summed E-state index contributed by atoms with van der Waals surface area (Å²) in [7, 11) is 0. The Hall–Kier alpha value is -2.05. The lowest BCUT2D eigenvalue weighted by molar-refractivity contribution is 0.174. The minimum absolute atomic E-state index is 0.225. The molecule has 0 aliphatic rings. The SMILES string of the molecule is C=CCc1onc(OCCCC)c1C(O)c1occc1CO. The van der Waals surface area contributed by atoms with E-state index in [0.717, 1.165) is 12.8 Å². The third kappa shape index (κ3) is 3.40. The van der Waals surface area contributed by atoms with E-state index in [0.29, 0.717) is 29.9 Å². The largest absolute Gasteiger partial charge is 0.475 e. The molecule has 120 valence electrons. The number of aromatic nitrogens is 1. The fourth-order valence-electron chi connectivity index (χ4n) is 2.13. The first-order chi connectivity index (χ1) is 10.7. The minimum atomic E-state index is -1.12. The predicted molar refractivity (Wildman–Crippen MR) is 79.5 cm³/mol. The fourth-order valence-corrected chi connectivity index (χ4v) is 2.13. The van der Waals surface area contributed by atoms with Crippen LogP contribution in [0.1, 0.15) is 48.5 Å². The molecule has 0 spiro atoms. The van der Waals surface area contributed by atoms with Gasteiger partial charge in [0.15, 0.2) is 5.76 Å². The summed E-state index contributed by atoms with van der Waals surface area (Å²) < 4.78 is 16.1. The van der Waals surface area contributed by atoms with Crippen molar-refractivity contribution in [1.29, 1.82) is 0 Å². The van der Waals surface area contributed by atoms with Crippen LogP contribution in [-0.2, 0) is 13.0 Å². The van der Waals surface area contributed by atoms with Gasteiger partial charge in [0.05, 0.1) is 25.0 Å². The lowest BCUT2D eigenvalue weighted by Crippen LogP contribution is -2.07. The van der Waals surface area contributed by atoms with Crippen LogP contribution in [0.25, 0.3) is 0 Å². The molecule has 2 heterocycles. The van der Waals surface area contributed by atoms with E-state index in [2.05, 4.69) is 18.7 Å². The Kier molecular flexibility index (Phi) is 5.80. The van der Waals surface area contributed by atoms with Gasteiger partial charge in [0.2, 0.25) is 0 Å².